The second-order valence-electron chi connectivity index (χ2n) is 5.75. The third-order valence-electron chi connectivity index (χ3n) is 2.77. The normalized spacial score (nSPS) is 14.1. The molecule has 0 aromatic heterocycles. The average Bonchev–Trinajstić information content (AvgIpc) is 2.30. The molecule has 0 aliphatic heterocycles. The molecular weight excluding hydrogens is 259 g/mol. The summed E-state index contributed by atoms with van der Waals surface area (Å²) in [5.74, 6) is -0.178. The standard InChI is InChI=1S/C15H23FN2O2/c1-11(2)8-15(3,20)10-17-9-14(19)18-13-6-4-12(16)5-7-13/h4-7,11,17,20H,8-10H2,1-3H3,(H,18,19). The molecule has 0 bridgehead atoms. The van der Waals surface area contributed by atoms with Crippen LogP contribution in [0.3, 0.4) is 0 Å². The van der Waals surface area contributed by atoms with Gasteiger partial charge in [0, 0.05) is 12.2 Å². The first-order chi connectivity index (χ1) is 9.28. The Morgan fingerprint density at radius 3 is 2.50 bits per heavy atom. The highest BCUT2D eigenvalue weighted by atomic mass is 19.1. The molecule has 20 heavy (non-hydrogen) atoms. The zero-order chi connectivity index (χ0) is 15.2. The van der Waals surface area contributed by atoms with Crippen LogP contribution in [0.5, 0.6) is 0 Å². The quantitative estimate of drug-likeness (QED) is 0.718. The molecule has 1 amide bonds. The molecule has 1 unspecified atom stereocenters. The Labute approximate surface area is 119 Å². The zero-order valence-corrected chi connectivity index (χ0v) is 12.2. The lowest BCUT2D eigenvalue weighted by Crippen LogP contribution is -2.41. The van der Waals surface area contributed by atoms with Crippen LogP contribution in [0, 0.1) is 11.7 Å². The largest absolute Gasteiger partial charge is 0.389 e. The monoisotopic (exact) mass is 282 g/mol. The van der Waals surface area contributed by atoms with E-state index in [0.29, 0.717) is 24.6 Å². The van der Waals surface area contributed by atoms with Gasteiger partial charge in [-0.3, -0.25) is 4.79 Å². The van der Waals surface area contributed by atoms with E-state index in [0.717, 1.165) is 0 Å². The SMILES string of the molecule is CC(C)CC(C)(O)CNCC(=O)Nc1ccc(F)cc1. The van der Waals surface area contributed by atoms with Crippen LogP contribution in [0.1, 0.15) is 27.2 Å². The van der Waals surface area contributed by atoms with Crippen LogP contribution >= 0.6 is 0 Å². The predicted octanol–water partition coefficient (Wildman–Crippen LogP) is 2.15. The van der Waals surface area contributed by atoms with Crippen molar-refractivity contribution in [2.24, 2.45) is 5.92 Å². The zero-order valence-electron chi connectivity index (χ0n) is 12.2. The molecule has 0 aliphatic carbocycles. The summed E-state index contributed by atoms with van der Waals surface area (Å²) in [6, 6.07) is 5.58. The molecule has 1 aromatic carbocycles. The smallest absolute Gasteiger partial charge is 0.238 e. The Morgan fingerprint density at radius 2 is 1.95 bits per heavy atom. The number of halogens is 1. The Kier molecular flexibility index (Phi) is 6.10. The summed E-state index contributed by atoms with van der Waals surface area (Å²) in [5.41, 5.74) is -0.281. The topological polar surface area (TPSA) is 61.4 Å². The van der Waals surface area contributed by atoms with Gasteiger partial charge in [-0.25, -0.2) is 4.39 Å². The van der Waals surface area contributed by atoms with E-state index < -0.39 is 5.60 Å². The van der Waals surface area contributed by atoms with Gasteiger partial charge in [-0.1, -0.05) is 13.8 Å². The van der Waals surface area contributed by atoms with Crippen molar-refractivity contribution in [3.05, 3.63) is 30.1 Å². The van der Waals surface area contributed by atoms with Crippen molar-refractivity contribution in [2.75, 3.05) is 18.4 Å². The molecule has 0 aliphatic rings. The highest BCUT2D eigenvalue weighted by Gasteiger charge is 2.21. The molecule has 112 valence electrons. The minimum Gasteiger partial charge on any atom is -0.389 e. The van der Waals surface area contributed by atoms with Gasteiger partial charge in [-0.15, -0.1) is 0 Å². The molecule has 1 aromatic rings. The number of amides is 1. The first-order valence-corrected chi connectivity index (χ1v) is 6.77. The minimum absolute atomic E-state index is 0.103. The summed E-state index contributed by atoms with van der Waals surface area (Å²) in [6.07, 6.45) is 0.666. The van der Waals surface area contributed by atoms with Gasteiger partial charge in [0.15, 0.2) is 0 Å². The van der Waals surface area contributed by atoms with Gasteiger partial charge in [0.2, 0.25) is 5.91 Å². The van der Waals surface area contributed by atoms with E-state index in [1.807, 2.05) is 13.8 Å². The summed E-state index contributed by atoms with van der Waals surface area (Å²) in [4.78, 5) is 11.7. The van der Waals surface area contributed by atoms with Crippen molar-refractivity contribution in [3.8, 4) is 0 Å². The van der Waals surface area contributed by atoms with E-state index >= 15 is 0 Å². The number of hydrogen-bond acceptors (Lipinski definition) is 3. The first kappa shape index (κ1) is 16.6. The second kappa shape index (κ2) is 7.36. The average molecular weight is 282 g/mol. The molecule has 0 spiro atoms. The maximum absolute atomic E-state index is 12.7. The lowest BCUT2D eigenvalue weighted by Gasteiger charge is -2.25. The molecule has 0 fully saturated rings. The molecular formula is C15H23FN2O2. The Hall–Kier alpha value is -1.46. The van der Waals surface area contributed by atoms with Gasteiger partial charge in [-0.2, -0.15) is 0 Å². The van der Waals surface area contributed by atoms with Crippen molar-refractivity contribution in [1.82, 2.24) is 5.32 Å². The maximum atomic E-state index is 12.7. The van der Waals surface area contributed by atoms with Crippen LogP contribution in [0.4, 0.5) is 10.1 Å². The molecule has 0 heterocycles. The lowest BCUT2D eigenvalue weighted by atomic mass is 9.94. The number of aliphatic hydroxyl groups is 1. The van der Waals surface area contributed by atoms with Crippen molar-refractivity contribution in [3.63, 3.8) is 0 Å². The molecule has 1 rings (SSSR count). The van der Waals surface area contributed by atoms with Crippen LogP contribution in [-0.2, 0) is 4.79 Å². The molecule has 0 saturated heterocycles. The van der Waals surface area contributed by atoms with E-state index in [-0.39, 0.29) is 18.3 Å². The van der Waals surface area contributed by atoms with Crippen LogP contribution in [0.15, 0.2) is 24.3 Å². The number of hydrogen-bond donors (Lipinski definition) is 3. The molecule has 4 nitrogen and oxygen atoms in total. The van der Waals surface area contributed by atoms with Gasteiger partial charge in [0.05, 0.1) is 12.1 Å². The number of carbonyl (C=O) groups excluding carboxylic acids is 1. The van der Waals surface area contributed by atoms with Crippen molar-refractivity contribution in [1.29, 1.82) is 0 Å². The number of rotatable bonds is 7. The Balaban J connectivity index is 2.31. The first-order valence-electron chi connectivity index (χ1n) is 6.77. The third-order valence-corrected chi connectivity index (χ3v) is 2.77. The summed E-state index contributed by atoms with van der Waals surface area (Å²) in [6.45, 7) is 6.27. The fourth-order valence-corrected chi connectivity index (χ4v) is 2.14. The van der Waals surface area contributed by atoms with E-state index in [9.17, 15) is 14.3 Å². The lowest BCUT2D eigenvalue weighted by molar-refractivity contribution is -0.115. The van der Waals surface area contributed by atoms with Gasteiger partial charge in [0.1, 0.15) is 5.82 Å². The Morgan fingerprint density at radius 1 is 1.35 bits per heavy atom. The molecule has 3 N–H and O–H groups in total. The van der Waals surface area contributed by atoms with Crippen molar-refractivity contribution >= 4 is 11.6 Å². The predicted molar refractivity (Wildman–Crippen MR) is 78.0 cm³/mol. The number of anilines is 1. The third kappa shape index (κ3) is 6.63. The van der Waals surface area contributed by atoms with Gasteiger partial charge < -0.3 is 15.7 Å². The van der Waals surface area contributed by atoms with Crippen molar-refractivity contribution in [2.45, 2.75) is 32.8 Å². The van der Waals surface area contributed by atoms with E-state index in [1.54, 1.807) is 6.92 Å². The summed E-state index contributed by atoms with van der Waals surface area (Å²) < 4.78 is 12.7. The number of benzene rings is 1. The van der Waals surface area contributed by atoms with E-state index in [2.05, 4.69) is 10.6 Å². The molecule has 5 heteroatoms. The number of nitrogens with one attached hydrogen (secondary N) is 2. The van der Waals surface area contributed by atoms with Crippen molar-refractivity contribution < 1.29 is 14.3 Å². The van der Waals surface area contributed by atoms with Gasteiger partial charge >= 0.3 is 0 Å². The Bertz CT molecular complexity index is 430. The van der Waals surface area contributed by atoms with E-state index in [1.165, 1.54) is 24.3 Å². The second-order valence-corrected chi connectivity index (χ2v) is 5.75. The maximum Gasteiger partial charge on any atom is 0.238 e. The van der Waals surface area contributed by atoms with Gasteiger partial charge in [0.25, 0.3) is 0 Å². The summed E-state index contributed by atoms with van der Waals surface area (Å²) in [5, 5.41) is 15.7. The highest BCUT2D eigenvalue weighted by molar-refractivity contribution is 5.92. The van der Waals surface area contributed by atoms with Crippen LogP contribution in [0.2, 0.25) is 0 Å². The van der Waals surface area contributed by atoms with Gasteiger partial charge in [-0.05, 0) is 43.5 Å². The van der Waals surface area contributed by atoms with Crippen LogP contribution in [-0.4, -0.2) is 29.7 Å². The highest BCUT2D eigenvalue weighted by Crippen LogP contribution is 2.14. The number of carbonyl (C=O) groups is 1. The fraction of sp³-hybridized carbons (Fsp3) is 0.533. The van der Waals surface area contributed by atoms with Crippen LogP contribution in [0.25, 0.3) is 0 Å². The van der Waals surface area contributed by atoms with E-state index in [4.69, 9.17) is 0 Å². The van der Waals surface area contributed by atoms with Crippen LogP contribution < -0.4 is 10.6 Å². The summed E-state index contributed by atoms with van der Waals surface area (Å²) in [7, 11) is 0. The minimum atomic E-state index is -0.829. The molecule has 0 radical (unpaired) electrons. The summed E-state index contributed by atoms with van der Waals surface area (Å²) >= 11 is 0. The molecule has 0 saturated carbocycles. The molecule has 1 atom stereocenters. The fourth-order valence-electron chi connectivity index (χ4n) is 2.14.